The van der Waals surface area contributed by atoms with Crippen molar-refractivity contribution in [3.63, 3.8) is 0 Å². The molecule has 1 atom stereocenters. The zero-order chi connectivity index (χ0) is 32.6. The molecule has 0 bridgehead atoms. The zero-order valence-corrected chi connectivity index (χ0v) is 26.0. The van der Waals surface area contributed by atoms with Crippen molar-refractivity contribution in [1.82, 2.24) is 9.13 Å². The summed E-state index contributed by atoms with van der Waals surface area (Å²) in [5, 5.41) is 15.0. The van der Waals surface area contributed by atoms with Crippen molar-refractivity contribution >= 4 is 67.9 Å². The molecule has 0 saturated carbocycles. The van der Waals surface area contributed by atoms with Gasteiger partial charge in [-0.1, -0.05) is 76.7 Å². The summed E-state index contributed by atoms with van der Waals surface area (Å²) in [6, 6.07) is 41.1. The number of nitrogens with zero attached hydrogens (tertiary/aromatic N) is 7. The van der Waals surface area contributed by atoms with Gasteiger partial charge in [-0.15, -0.1) is 9.15 Å². The molecule has 0 aliphatic carbocycles. The van der Waals surface area contributed by atoms with Crippen molar-refractivity contribution in [3.8, 4) is 0 Å². The Morgan fingerprint density at radius 3 is 1.82 bits per heavy atom. The normalized spacial score (nSPS) is 19.2. The van der Waals surface area contributed by atoms with E-state index in [0.717, 1.165) is 101 Å². The Morgan fingerprint density at radius 2 is 1.14 bits per heavy atom. The predicted molar refractivity (Wildman–Crippen MR) is 188 cm³/mol. The fourth-order valence-electron chi connectivity index (χ4n) is 9.26. The van der Waals surface area contributed by atoms with Crippen molar-refractivity contribution in [3.05, 3.63) is 166 Å². The number of hydrogen-bond donors (Lipinski definition) is 1. The molecular weight excluding hydrogens is 622 g/mol. The predicted octanol–water partition coefficient (Wildman–Crippen LogP) is 5.03. The fourth-order valence-corrected chi connectivity index (χ4v) is 9.26. The summed E-state index contributed by atoms with van der Waals surface area (Å²) in [6.07, 6.45) is 0. The number of aromatic carboxylic acids is 1. The molecule has 1 unspecified atom stereocenters. The molecule has 230 valence electrons. The molecular formula is C41H21N7O2+2. The first-order valence-electron chi connectivity index (χ1n) is 16.6. The van der Waals surface area contributed by atoms with Gasteiger partial charge in [-0.2, -0.15) is 4.57 Å². The maximum atomic E-state index is 12.0. The number of carboxylic acid groups (broad SMARTS) is 1. The van der Waals surface area contributed by atoms with Gasteiger partial charge in [-0.3, -0.25) is 0 Å². The SMILES string of the molecule is O=C(O)c1ccc(C2=c3c4ccccc4c4n3C35n6c(c7ccccc7c6N=C6c7ccccc7C2=[N+]63)N=C2c3ccccc3C(=[N+]25)N=4)cc1. The molecule has 0 saturated heterocycles. The van der Waals surface area contributed by atoms with Gasteiger partial charge >= 0.3 is 17.7 Å². The van der Waals surface area contributed by atoms with Crippen molar-refractivity contribution < 1.29 is 19.1 Å². The summed E-state index contributed by atoms with van der Waals surface area (Å²) in [4.78, 5) is 28.6. The molecule has 8 heterocycles. The van der Waals surface area contributed by atoms with Crippen LogP contribution in [0, 0.1) is 0 Å². The number of aliphatic imine (C=N–C) groups is 2. The average molecular weight is 644 g/mol. The van der Waals surface area contributed by atoms with E-state index >= 15 is 0 Å². The molecule has 13 rings (SSSR count). The van der Waals surface area contributed by atoms with Crippen LogP contribution in [-0.2, 0) is 5.91 Å². The van der Waals surface area contributed by atoms with Crippen LogP contribution in [0.15, 0.2) is 136 Å². The van der Waals surface area contributed by atoms with E-state index in [4.69, 9.17) is 15.0 Å². The maximum Gasteiger partial charge on any atom is 0.423 e. The first-order chi connectivity index (χ1) is 24.7. The highest BCUT2D eigenvalue weighted by Gasteiger charge is 2.70. The third-order valence-corrected chi connectivity index (χ3v) is 11.1. The minimum absolute atomic E-state index is 0.242. The molecule has 0 amide bonds. The van der Waals surface area contributed by atoms with Gasteiger partial charge in [0, 0.05) is 21.7 Å². The molecule has 7 aromatic rings. The fraction of sp³-hybridized carbons (Fsp3) is 0.0244. The van der Waals surface area contributed by atoms with Gasteiger partial charge < -0.3 is 5.11 Å². The van der Waals surface area contributed by atoms with Gasteiger partial charge in [0.25, 0.3) is 17.5 Å². The molecule has 1 spiro atoms. The van der Waals surface area contributed by atoms with Gasteiger partial charge in [0.2, 0.25) is 11.3 Å². The molecule has 1 N–H and O–H groups in total. The molecule has 50 heavy (non-hydrogen) atoms. The van der Waals surface area contributed by atoms with Crippen molar-refractivity contribution in [2.24, 2.45) is 15.0 Å². The molecule has 0 radical (unpaired) electrons. The van der Waals surface area contributed by atoms with E-state index in [1.54, 1.807) is 12.1 Å². The third kappa shape index (κ3) is 2.47. The summed E-state index contributed by atoms with van der Waals surface area (Å²) >= 11 is 0. The molecule has 2 aromatic heterocycles. The van der Waals surface area contributed by atoms with Gasteiger partial charge in [0.15, 0.2) is 5.71 Å². The summed E-state index contributed by atoms with van der Waals surface area (Å²) in [5.74, 6) is 2.25. The number of benzene rings is 5. The lowest BCUT2D eigenvalue weighted by Gasteiger charge is -2.41. The van der Waals surface area contributed by atoms with Crippen LogP contribution >= 0.6 is 0 Å². The van der Waals surface area contributed by atoms with Crippen LogP contribution in [0.1, 0.15) is 38.2 Å². The Balaban J connectivity index is 1.36. The summed E-state index contributed by atoms with van der Waals surface area (Å²) < 4.78 is 9.46. The summed E-state index contributed by atoms with van der Waals surface area (Å²) in [7, 11) is 0. The minimum Gasteiger partial charge on any atom is -0.478 e. The number of carboxylic acids is 1. The minimum atomic E-state index is -1.05. The van der Waals surface area contributed by atoms with Crippen LogP contribution in [0.25, 0.3) is 27.1 Å². The topological polar surface area (TPSA) is 90.3 Å². The van der Waals surface area contributed by atoms with E-state index in [9.17, 15) is 9.90 Å². The van der Waals surface area contributed by atoms with E-state index in [2.05, 4.69) is 115 Å². The highest BCUT2D eigenvalue weighted by Crippen LogP contribution is 2.53. The summed E-state index contributed by atoms with van der Waals surface area (Å²) in [6.45, 7) is 0. The van der Waals surface area contributed by atoms with E-state index in [-0.39, 0.29) is 5.56 Å². The van der Waals surface area contributed by atoms with Gasteiger partial charge in [0.05, 0.1) is 38.6 Å². The first-order valence-corrected chi connectivity index (χ1v) is 16.6. The lowest BCUT2D eigenvalue weighted by molar-refractivity contribution is -0.789. The Hall–Kier alpha value is -7.00. The second kappa shape index (κ2) is 7.99. The van der Waals surface area contributed by atoms with Gasteiger partial charge in [-0.25, -0.2) is 9.36 Å². The maximum absolute atomic E-state index is 12.0. The molecule has 0 fully saturated rings. The van der Waals surface area contributed by atoms with E-state index < -0.39 is 11.9 Å². The van der Waals surface area contributed by atoms with Gasteiger partial charge in [-0.05, 0) is 65.2 Å². The van der Waals surface area contributed by atoms with Crippen LogP contribution in [-0.4, -0.2) is 52.6 Å². The molecule has 6 aliphatic heterocycles. The molecule has 9 nitrogen and oxygen atoms in total. The molecule has 5 aromatic carbocycles. The average Bonchev–Trinajstić information content (AvgIpc) is 3.88. The van der Waals surface area contributed by atoms with Crippen molar-refractivity contribution in [1.29, 1.82) is 0 Å². The zero-order valence-electron chi connectivity index (χ0n) is 26.0. The van der Waals surface area contributed by atoms with Crippen LogP contribution in [0.2, 0.25) is 0 Å². The van der Waals surface area contributed by atoms with Crippen LogP contribution in [0.3, 0.4) is 0 Å². The second-order valence-corrected chi connectivity index (χ2v) is 13.4. The highest BCUT2D eigenvalue weighted by atomic mass is 16.4. The number of fused-ring (bicyclic) bond motifs is 12. The van der Waals surface area contributed by atoms with Crippen LogP contribution in [0.4, 0.5) is 11.6 Å². The van der Waals surface area contributed by atoms with E-state index in [1.807, 2.05) is 12.1 Å². The Morgan fingerprint density at radius 1 is 0.580 bits per heavy atom. The van der Waals surface area contributed by atoms with Crippen LogP contribution in [0.5, 0.6) is 0 Å². The van der Waals surface area contributed by atoms with E-state index in [0.29, 0.717) is 0 Å². The second-order valence-electron chi connectivity index (χ2n) is 13.4. The number of hydrogen-bond acceptors (Lipinski definition) is 4. The Labute approximate surface area is 282 Å². The van der Waals surface area contributed by atoms with Crippen molar-refractivity contribution in [2.75, 3.05) is 0 Å². The van der Waals surface area contributed by atoms with Crippen molar-refractivity contribution in [2.45, 2.75) is 5.91 Å². The standard InChI is InChI=1S/C41H20N7O2/c49-40(50)22-19-17-21(18-20-22)31-32-23-9-1-3-11-25(23)34-42-36-27-13-5-7-15-29(27)38-44-39-30-16-8-6-14-28(30)37-43-35-26-12-4-2-10-24(26)33(31)46(35)41(45(32)34,47(36)38)48(37)39/h1-20H/q+1/p+1. The molecule has 6 aliphatic rings. The number of carbonyl (C=O) groups is 1. The lowest BCUT2D eigenvalue weighted by atomic mass is 9.92. The number of amidine groups is 3. The largest absolute Gasteiger partial charge is 0.478 e. The first kappa shape index (κ1) is 25.1. The Bertz CT molecular complexity index is 3140. The highest BCUT2D eigenvalue weighted by molar-refractivity contribution is 6.36. The number of aromatic nitrogens is 2. The number of rotatable bonds is 2. The van der Waals surface area contributed by atoms with Gasteiger partial charge in [0.1, 0.15) is 0 Å². The smallest absolute Gasteiger partial charge is 0.423 e. The third-order valence-electron chi connectivity index (χ3n) is 11.1. The van der Waals surface area contributed by atoms with E-state index in [1.165, 1.54) is 0 Å². The molecule has 9 heteroatoms. The quantitative estimate of drug-likeness (QED) is 0.268. The Kier molecular flexibility index (Phi) is 4.01. The monoisotopic (exact) mass is 643 g/mol. The lowest BCUT2D eigenvalue weighted by Crippen LogP contribution is -2.72. The van der Waals surface area contributed by atoms with Crippen LogP contribution < -0.4 is 10.8 Å². The summed E-state index contributed by atoms with van der Waals surface area (Å²) in [5.41, 5.74) is 8.19.